The van der Waals surface area contributed by atoms with Gasteiger partial charge in [-0.05, 0) is 49.9 Å². The molecule has 2 unspecified atom stereocenters. The van der Waals surface area contributed by atoms with Gasteiger partial charge in [0.15, 0.2) is 0 Å². The van der Waals surface area contributed by atoms with Crippen LogP contribution in [-0.2, 0) is 0 Å². The van der Waals surface area contributed by atoms with Gasteiger partial charge in [-0.2, -0.15) is 0 Å². The molecule has 2 N–H and O–H groups in total. The van der Waals surface area contributed by atoms with E-state index >= 15 is 0 Å². The Morgan fingerprint density at radius 1 is 1.17 bits per heavy atom. The van der Waals surface area contributed by atoms with Gasteiger partial charge in [0, 0.05) is 6.04 Å². The Morgan fingerprint density at radius 2 is 1.89 bits per heavy atom. The lowest BCUT2D eigenvalue weighted by molar-refractivity contribution is 0.145. The van der Waals surface area contributed by atoms with Gasteiger partial charge in [-0.15, -0.1) is 0 Å². The Kier molecular flexibility index (Phi) is 4.59. The number of benzene rings is 1. The molecular formula is C15H22FNO. The average Bonchev–Trinajstić information content (AvgIpc) is 2.33. The third-order valence-corrected chi connectivity index (χ3v) is 3.67. The molecule has 2 nitrogen and oxygen atoms in total. The predicted molar refractivity (Wildman–Crippen MR) is 71.2 cm³/mol. The minimum atomic E-state index is -0.190. The first kappa shape index (κ1) is 13.3. The molecule has 100 valence electrons. The van der Waals surface area contributed by atoms with Gasteiger partial charge in [-0.25, -0.2) is 4.39 Å². The van der Waals surface area contributed by atoms with Gasteiger partial charge in [0.05, 0.1) is 0 Å². The smallest absolute Gasteiger partial charge is 0.126 e. The van der Waals surface area contributed by atoms with Crippen LogP contribution in [0.25, 0.3) is 0 Å². The van der Waals surface area contributed by atoms with Crippen molar-refractivity contribution in [1.29, 1.82) is 0 Å². The van der Waals surface area contributed by atoms with E-state index in [1.807, 2.05) is 0 Å². The maximum atomic E-state index is 13.2. The first-order valence-corrected chi connectivity index (χ1v) is 6.85. The zero-order valence-electron chi connectivity index (χ0n) is 11.0. The summed E-state index contributed by atoms with van der Waals surface area (Å²) < 4.78 is 19.1. The zero-order chi connectivity index (χ0) is 13.0. The molecule has 2 atom stereocenters. The lowest BCUT2D eigenvalue weighted by Gasteiger charge is -2.27. The molecule has 1 aliphatic rings. The Balaban J connectivity index is 2.03. The summed E-state index contributed by atoms with van der Waals surface area (Å²) in [5.74, 6) is 0.541. The van der Waals surface area contributed by atoms with E-state index in [0.29, 0.717) is 5.56 Å². The van der Waals surface area contributed by atoms with Crippen LogP contribution in [0.15, 0.2) is 18.2 Å². The fraction of sp³-hybridized carbons (Fsp3) is 0.600. The van der Waals surface area contributed by atoms with E-state index in [2.05, 4.69) is 0 Å². The summed E-state index contributed by atoms with van der Waals surface area (Å²) in [7, 11) is 0. The highest BCUT2D eigenvalue weighted by atomic mass is 19.1. The highest BCUT2D eigenvalue weighted by Gasteiger charge is 2.21. The maximum Gasteiger partial charge on any atom is 0.126 e. The van der Waals surface area contributed by atoms with E-state index in [9.17, 15) is 4.39 Å². The standard InChI is InChI=1S/C15H22FNO/c1-11-10-12(8-9-13(11)16)18-15-7-5-3-2-4-6-14(15)17/h8-10,14-15H,2-7,17H2,1H3. The lowest BCUT2D eigenvalue weighted by Crippen LogP contribution is -2.39. The molecule has 3 heteroatoms. The fourth-order valence-electron chi connectivity index (χ4n) is 2.49. The molecule has 0 spiro atoms. The van der Waals surface area contributed by atoms with Gasteiger partial charge >= 0.3 is 0 Å². The molecule has 1 fully saturated rings. The third-order valence-electron chi connectivity index (χ3n) is 3.67. The van der Waals surface area contributed by atoms with Crippen molar-refractivity contribution in [3.8, 4) is 5.75 Å². The van der Waals surface area contributed by atoms with Gasteiger partial charge in [0.25, 0.3) is 0 Å². The van der Waals surface area contributed by atoms with Crippen molar-refractivity contribution in [2.75, 3.05) is 0 Å². The summed E-state index contributed by atoms with van der Waals surface area (Å²) in [6.07, 6.45) is 6.96. The molecule has 0 heterocycles. The number of rotatable bonds is 2. The Hall–Kier alpha value is -1.09. The second-order valence-corrected chi connectivity index (χ2v) is 5.22. The molecule has 0 saturated heterocycles. The van der Waals surface area contributed by atoms with Crippen LogP contribution in [0.4, 0.5) is 4.39 Å². The molecule has 0 radical (unpaired) electrons. The third kappa shape index (κ3) is 3.45. The maximum absolute atomic E-state index is 13.2. The minimum Gasteiger partial charge on any atom is -0.489 e. The van der Waals surface area contributed by atoms with Gasteiger partial charge in [0.1, 0.15) is 17.7 Å². The first-order valence-electron chi connectivity index (χ1n) is 6.85. The molecule has 18 heavy (non-hydrogen) atoms. The largest absolute Gasteiger partial charge is 0.489 e. The monoisotopic (exact) mass is 251 g/mol. The van der Waals surface area contributed by atoms with Gasteiger partial charge in [0.2, 0.25) is 0 Å². The molecule has 0 bridgehead atoms. The van der Waals surface area contributed by atoms with E-state index < -0.39 is 0 Å². The van der Waals surface area contributed by atoms with Crippen molar-refractivity contribution in [2.45, 2.75) is 57.6 Å². The van der Waals surface area contributed by atoms with Crippen LogP contribution in [0.3, 0.4) is 0 Å². The van der Waals surface area contributed by atoms with Crippen molar-refractivity contribution >= 4 is 0 Å². The highest BCUT2D eigenvalue weighted by Crippen LogP contribution is 2.23. The van der Waals surface area contributed by atoms with Crippen molar-refractivity contribution in [3.63, 3.8) is 0 Å². The van der Waals surface area contributed by atoms with Gasteiger partial charge < -0.3 is 10.5 Å². The van der Waals surface area contributed by atoms with Crippen LogP contribution < -0.4 is 10.5 Å². The van der Waals surface area contributed by atoms with E-state index in [0.717, 1.165) is 18.6 Å². The van der Waals surface area contributed by atoms with Crippen molar-refractivity contribution < 1.29 is 9.13 Å². The molecule has 1 aromatic carbocycles. The van der Waals surface area contributed by atoms with Crippen LogP contribution in [0.2, 0.25) is 0 Å². The molecule has 0 amide bonds. The zero-order valence-corrected chi connectivity index (χ0v) is 11.0. The quantitative estimate of drug-likeness (QED) is 0.872. The first-order chi connectivity index (χ1) is 8.66. The Morgan fingerprint density at radius 3 is 2.61 bits per heavy atom. The summed E-state index contributed by atoms with van der Waals surface area (Å²) in [5.41, 5.74) is 6.78. The summed E-state index contributed by atoms with van der Waals surface area (Å²) >= 11 is 0. The summed E-state index contributed by atoms with van der Waals surface area (Å²) in [6, 6.07) is 4.99. The summed E-state index contributed by atoms with van der Waals surface area (Å²) in [6.45, 7) is 1.75. The highest BCUT2D eigenvalue weighted by molar-refractivity contribution is 5.29. The van der Waals surface area contributed by atoms with Crippen LogP contribution in [-0.4, -0.2) is 12.1 Å². The normalized spacial score (nSPS) is 25.3. The van der Waals surface area contributed by atoms with E-state index in [1.165, 1.54) is 31.7 Å². The minimum absolute atomic E-state index is 0.0650. The predicted octanol–water partition coefficient (Wildman–Crippen LogP) is 3.56. The van der Waals surface area contributed by atoms with E-state index in [1.54, 1.807) is 19.1 Å². The molecule has 0 aromatic heterocycles. The van der Waals surface area contributed by atoms with Crippen molar-refractivity contribution in [3.05, 3.63) is 29.6 Å². The average molecular weight is 251 g/mol. The number of hydrogen-bond donors (Lipinski definition) is 1. The molecule has 2 rings (SSSR count). The van der Waals surface area contributed by atoms with Crippen LogP contribution in [0.1, 0.15) is 44.1 Å². The second-order valence-electron chi connectivity index (χ2n) is 5.22. The second kappa shape index (κ2) is 6.19. The number of nitrogens with two attached hydrogens (primary N) is 1. The number of aryl methyl sites for hydroxylation is 1. The van der Waals surface area contributed by atoms with Crippen LogP contribution in [0.5, 0.6) is 5.75 Å². The van der Waals surface area contributed by atoms with Gasteiger partial charge in [-0.1, -0.05) is 19.3 Å². The van der Waals surface area contributed by atoms with Gasteiger partial charge in [-0.3, -0.25) is 0 Å². The van der Waals surface area contributed by atoms with Crippen molar-refractivity contribution in [1.82, 2.24) is 0 Å². The molecule has 1 aliphatic carbocycles. The summed E-state index contributed by atoms with van der Waals surface area (Å²) in [4.78, 5) is 0. The van der Waals surface area contributed by atoms with E-state index in [4.69, 9.17) is 10.5 Å². The van der Waals surface area contributed by atoms with E-state index in [-0.39, 0.29) is 18.0 Å². The Bertz CT molecular complexity index is 394. The SMILES string of the molecule is Cc1cc(OC2CCCCCCC2N)ccc1F. The fourth-order valence-corrected chi connectivity index (χ4v) is 2.49. The molecule has 0 aliphatic heterocycles. The molecule has 1 saturated carbocycles. The van der Waals surface area contributed by atoms with Crippen molar-refractivity contribution in [2.24, 2.45) is 5.73 Å². The number of hydrogen-bond acceptors (Lipinski definition) is 2. The number of ether oxygens (including phenoxy) is 1. The summed E-state index contributed by atoms with van der Waals surface area (Å²) in [5, 5.41) is 0. The van der Waals surface area contributed by atoms with Crippen LogP contribution in [0, 0.1) is 12.7 Å². The Labute approximate surface area is 108 Å². The molecule has 1 aromatic rings. The number of halogens is 1. The topological polar surface area (TPSA) is 35.2 Å². The van der Waals surface area contributed by atoms with Crippen LogP contribution >= 0.6 is 0 Å². The molecular weight excluding hydrogens is 229 g/mol. The lowest BCUT2D eigenvalue weighted by atomic mass is 9.95.